The number of nitrogens with two attached hydrogens (primary N) is 1. The number of benzene rings is 1. The molecule has 2 aromatic rings. The first-order valence-corrected chi connectivity index (χ1v) is 13.6. The van der Waals surface area contributed by atoms with E-state index < -0.39 is 0 Å². The monoisotopic (exact) mass is 474 g/mol. The number of ether oxygens (including phenoxy) is 1. The van der Waals surface area contributed by atoms with Crippen LogP contribution in [-0.4, -0.2) is 10.2 Å². The van der Waals surface area contributed by atoms with E-state index in [4.69, 9.17) is 10.5 Å². The van der Waals surface area contributed by atoms with E-state index in [1.165, 1.54) is 77.0 Å². The van der Waals surface area contributed by atoms with Crippen molar-refractivity contribution in [2.24, 2.45) is 5.73 Å². The van der Waals surface area contributed by atoms with Gasteiger partial charge < -0.3 is 10.5 Å². The molecule has 5 nitrogen and oxygen atoms in total. The summed E-state index contributed by atoms with van der Waals surface area (Å²) in [6.45, 7) is 2.27. The first kappa shape index (κ1) is 26.6. The van der Waals surface area contributed by atoms with Crippen LogP contribution < -0.4 is 10.5 Å². The van der Waals surface area contributed by atoms with Crippen molar-refractivity contribution >= 4 is 0 Å². The van der Waals surface area contributed by atoms with E-state index in [9.17, 15) is 5.26 Å². The summed E-state index contributed by atoms with van der Waals surface area (Å²) in [4.78, 5) is 0. The topological polar surface area (TPSA) is 87.7 Å². The summed E-state index contributed by atoms with van der Waals surface area (Å²) in [6.07, 6.45) is 22.4. The van der Waals surface area contributed by atoms with Gasteiger partial charge in [0.05, 0.1) is 5.92 Å². The number of hydrogen-bond donors (Lipinski definition) is 2. The fraction of sp³-hybridized carbons (Fsp3) is 0.533. The zero-order valence-corrected chi connectivity index (χ0v) is 21.4. The number of fused-ring (bicyclic) bond motifs is 1. The molecule has 35 heavy (non-hydrogen) atoms. The summed E-state index contributed by atoms with van der Waals surface area (Å²) in [5.74, 6) is 0.410. The van der Waals surface area contributed by atoms with Crippen LogP contribution in [0.25, 0.3) is 0 Å². The van der Waals surface area contributed by atoms with Crippen LogP contribution in [0.3, 0.4) is 0 Å². The molecule has 1 aromatic carbocycles. The second-order valence-corrected chi connectivity index (χ2v) is 9.59. The molecule has 0 spiro atoms. The van der Waals surface area contributed by atoms with Gasteiger partial charge in [-0.3, -0.25) is 5.10 Å². The zero-order valence-electron chi connectivity index (χ0n) is 21.4. The van der Waals surface area contributed by atoms with Crippen LogP contribution in [0.1, 0.15) is 113 Å². The van der Waals surface area contributed by atoms with Crippen molar-refractivity contribution in [3.63, 3.8) is 0 Å². The Hall–Kier alpha value is -3.00. The van der Waals surface area contributed by atoms with Crippen LogP contribution in [0.4, 0.5) is 0 Å². The highest BCUT2D eigenvalue weighted by Gasteiger charge is 2.34. The number of hydrogen-bond acceptors (Lipinski definition) is 4. The number of unbranched alkanes of at least 4 members (excludes halogenated alkanes) is 11. The summed E-state index contributed by atoms with van der Waals surface area (Å²) in [7, 11) is 0. The standard InChI is InChI=1S/C30H42N4O/c1-2-3-4-5-6-7-8-9-10-11-12-13-14-15-19-22-26-28-27(24-20-17-16-18-21-24)25(23-31)29(32)35-30(28)34-33-26/h9-10,16-18,20-21,27H,2-8,11-15,19,22,32H2,1H3,(H,33,34)/b10-9+. The summed E-state index contributed by atoms with van der Waals surface area (Å²) in [5, 5.41) is 17.3. The van der Waals surface area contributed by atoms with Gasteiger partial charge in [-0.2, -0.15) is 5.26 Å². The lowest BCUT2D eigenvalue weighted by molar-refractivity contribution is 0.378. The first-order valence-electron chi connectivity index (χ1n) is 13.6. The maximum atomic E-state index is 9.76. The van der Waals surface area contributed by atoms with E-state index in [2.05, 4.69) is 35.3 Å². The van der Waals surface area contributed by atoms with Gasteiger partial charge in [0.25, 0.3) is 0 Å². The maximum absolute atomic E-state index is 9.76. The molecule has 0 radical (unpaired) electrons. The lowest BCUT2D eigenvalue weighted by atomic mass is 9.83. The number of aromatic amines is 1. The first-order chi connectivity index (χ1) is 17.3. The molecule has 2 heterocycles. The van der Waals surface area contributed by atoms with Gasteiger partial charge in [-0.25, -0.2) is 0 Å². The maximum Gasteiger partial charge on any atom is 0.244 e. The van der Waals surface area contributed by atoms with E-state index in [-0.39, 0.29) is 11.8 Å². The molecule has 3 rings (SSSR count). The lowest BCUT2D eigenvalue weighted by Crippen LogP contribution is -2.21. The molecule has 0 amide bonds. The van der Waals surface area contributed by atoms with E-state index >= 15 is 0 Å². The van der Waals surface area contributed by atoms with E-state index in [1.807, 2.05) is 30.3 Å². The van der Waals surface area contributed by atoms with Crippen molar-refractivity contribution in [2.45, 2.75) is 103 Å². The molecule has 1 aliphatic heterocycles. The lowest BCUT2D eigenvalue weighted by Gasteiger charge is -2.24. The van der Waals surface area contributed by atoms with Crippen molar-refractivity contribution in [1.29, 1.82) is 5.26 Å². The number of nitrogens with one attached hydrogen (secondary N) is 1. The van der Waals surface area contributed by atoms with Gasteiger partial charge in [0.2, 0.25) is 11.8 Å². The minimum atomic E-state index is -0.234. The number of allylic oxidation sites excluding steroid dienone is 3. The number of aryl methyl sites for hydroxylation is 1. The zero-order chi connectivity index (χ0) is 24.7. The van der Waals surface area contributed by atoms with Crippen molar-refractivity contribution in [3.05, 3.63) is 70.8 Å². The second kappa shape index (κ2) is 15.1. The van der Waals surface area contributed by atoms with Gasteiger partial charge in [-0.1, -0.05) is 101 Å². The Morgan fingerprint density at radius 1 is 0.943 bits per heavy atom. The Morgan fingerprint density at radius 2 is 1.57 bits per heavy atom. The van der Waals surface area contributed by atoms with Gasteiger partial charge in [0.1, 0.15) is 11.6 Å². The number of nitrogens with zero attached hydrogens (tertiary/aromatic N) is 2. The molecule has 5 heteroatoms. The summed E-state index contributed by atoms with van der Waals surface area (Å²) < 4.78 is 5.68. The van der Waals surface area contributed by atoms with Crippen LogP contribution in [0.2, 0.25) is 0 Å². The molecule has 0 aliphatic carbocycles. The highest BCUT2D eigenvalue weighted by molar-refractivity contribution is 5.55. The highest BCUT2D eigenvalue weighted by atomic mass is 16.5. The molecule has 0 saturated carbocycles. The average Bonchev–Trinajstić information content (AvgIpc) is 3.28. The van der Waals surface area contributed by atoms with E-state index in [1.54, 1.807) is 0 Å². The Bertz CT molecular complexity index is 984. The summed E-state index contributed by atoms with van der Waals surface area (Å²) in [6, 6.07) is 12.3. The number of nitriles is 1. The van der Waals surface area contributed by atoms with Crippen molar-refractivity contribution < 1.29 is 4.74 Å². The molecule has 188 valence electrons. The number of rotatable bonds is 16. The van der Waals surface area contributed by atoms with Crippen molar-refractivity contribution in [1.82, 2.24) is 10.2 Å². The Balaban J connectivity index is 1.38. The van der Waals surface area contributed by atoms with Crippen molar-refractivity contribution in [3.8, 4) is 11.9 Å². The molecule has 1 unspecified atom stereocenters. The van der Waals surface area contributed by atoms with Gasteiger partial charge in [-0.15, -0.1) is 5.10 Å². The van der Waals surface area contributed by atoms with E-state index in [0.29, 0.717) is 11.5 Å². The van der Waals surface area contributed by atoms with Gasteiger partial charge in [-0.05, 0) is 44.1 Å². The molecule has 1 aromatic heterocycles. The van der Waals surface area contributed by atoms with Crippen LogP contribution in [0, 0.1) is 11.3 Å². The Kier molecular flexibility index (Phi) is 11.5. The summed E-state index contributed by atoms with van der Waals surface area (Å²) >= 11 is 0. The molecule has 0 saturated heterocycles. The Morgan fingerprint density at radius 3 is 2.23 bits per heavy atom. The normalized spacial score (nSPS) is 15.3. The van der Waals surface area contributed by atoms with Crippen LogP contribution in [-0.2, 0) is 6.42 Å². The van der Waals surface area contributed by atoms with Crippen molar-refractivity contribution in [2.75, 3.05) is 0 Å². The number of H-pyrrole nitrogens is 1. The predicted molar refractivity (Wildman–Crippen MR) is 143 cm³/mol. The van der Waals surface area contributed by atoms with Crippen LogP contribution in [0.5, 0.6) is 5.88 Å². The fourth-order valence-corrected chi connectivity index (χ4v) is 4.85. The van der Waals surface area contributed by atoms with E-state index in [0.717, 1.165) is 29.7 Å². The molecular formula is C30H42N4O. The third-order valence-electron chi connectivity index (χ3n) is 6.84. The largest absolute Gasteiger partial charge is 0.420 e. The fourth-order valence-electron chi connectivity index (χ4n) is 4.85. The second-order valence-electron chi connectivity index (χ2n) is 9.59. The molecule has 1 aliphatic rings. The molecular weight excluding hydrogens is 432 g/mol. The minimum absolute atomic E-state index is 0.146. The van der Waals surface area contributed by atoms with Gasteiger partial charge in [0.15, 0.2) is 0 Å². The average molecular weight is 475 g/mol. The SMILES string of the molecule is CCCCCCCC/C=C/CCCCCCCc1[nH]nc2c1C(c1ccccc1)C(C#N)=C(N)O2. The quantitative estimate of drug-likeness (QED) is 0.192. The molecule has 3 N–H and O–H groups in total. The molecule has 0 bridgehead atoms. The van der Waals surface area contributed by atoms with Crippen LogP contribution >= 0.6 is 0 Å². The highest BCUT2D eigenvalue weighted by Crippen LogP contribution is 2.43. The Labute approximate surface area is 211 Å². The van der Waals surface area contributed by atoms with Gasteiger partial charge >= 0.3 is 0 Å². The molecule has 0 fully saturated rings. The minimum Gasteiger partial charge on any atom is -0.420 e. The third-order valence-corrected chi connectivity index (χ3v) is 6.84. The van der Waals surface area contributed by atoms with Crippen LogP contribution in [0.15, 0.2) is 53.9 Å². The smallest absolute Gasteiger partial charge is 0.244 e. The molecule has 1 atom stereocenters. The third kappa shape index (κ3) is 8.02. The predicted octanol–water partition coefficient (Wildman–Crippen LogP) is 7.82. The van der Waals surface area contributed by atoms with Gasteiger partial charge in [0, 0.05) is 11.3 Å². The summed E-state index contributed by atoms with van der Waals surface area (Å²) in [5.41, 5.74) is 9.54. The number of aromatic nitrogens is 2.